The third-order valence-electron chi connectivity index (χ3n) is 1.80. The van der Waals surface area contributed by atoms with Crippen LogP contribution in [0.3, 0.4) is 0 Å². The minimum atomic E-state index is -0.472. The molecule has 0 fully saturated rings. The first-order valence-corrected chi connectivity index (χ1v) is 9.85. The number of rotatable bonds is 2. The Kier molecular flexibility index (Phi) is 6.26. The van der Waals surface area contributed by atoms with Crippen molar-refractivity contribution in [2.45, 2.75) is 6.42 Å². The van der Waals surface area contributed by atoms with E-state index in [1.807, 2.05) is 24.3 Å². The molecule has 1 heterocycles. The molecule has 0 aliphatic carbocycles. The maximum atomic E-state index is 7.05. The summed E-state index contributed by atoms with van der Waals surface area (Å²) in [6, 6.07) is 7.91. The van der Waals surface area contributed by atoms with Crippen molar-refractivity contribution in [1.82, 2.24) is 9.97 Å². The van der Waals surface area contributed by atoms with Gasteiger partial charge in [-0.25, -0.2) is 4.98 Å². The zero-order valence-corrected chi connectivity index (χ0v) is 11.5. The van der Waals surface area contributed by atoms with Crippen LogP contribution in [0.4, 0.5) is 0 Å². The number of imidazole rings is 1. The fourth-order valence-corrected chi connectivity index (χ4v) is 1.24. The molecule has 2 rings (SSSR count). The Balaban J connectivity index is 0.000000337. The molecule has 0 unspecified atom stereocenters. The minimum Gasteiger partial charge on any atom is -0.677 e. The van der Waals surface area contributed by atoms with Crippen molar-refractivity contribution in [1.29, 1.82) is 0 Å². The van der Waals surface area contributed by atoms with Gasteiger partial charge in [-0.1, -0.05) is 12.1 Å². The number of nitrogens with one attached hydrogen (secondary N) is 2. The Hall–Kier alpha value is -0.0817. The summed E-state index contributed by atoms with van der Waals surface area (Å²) in [6.45, 7) is 0.389. The summed E-state index contributed by atoms with van der Waals surface area (Å²) in [5.41, 5.74) is 9.10. The van der Waals surface area contributed by atoms with Crippen molar-refractivity contribution in [3.63, 3.8) is 0 Å². The number of aromatic nitrogens is 2. The van der Waals surface area contributed by atoms with Crippen LogP contribution < -0.4 is 0 Å². The van der Waals surface area contributed by atoms with Gasteiger partial charge >= 0.3 is 35.3 Å². The molecule has 1 aromatic carbocycles. The van der Waals surface area contributed by atoms with Crippen molar-refractivity contribution < 1.29 is 16.5 Å². The Labute approximate surface area is 105 Å². The van der Waals surface area contributed by atoms with E-state index < -0.39 is 16.5 Å². The molecule has 2 N–H and O–H groups in total. The third kappa shape index (κ3) is 4.12. The first kappa shape index (κ1) is 13.0. The van der Waals surface area contributed by atoms with E-state index in [0.717, 1.165) is 16.9 Å². The average molecular weight is 426 g/mol. The molecule has 2 aromatic rings. The summed E-state index contributed by atoms with van der Waals surface area (Å²) < 4.78 is 0. The quantitative estimate of drug-likeness (QED) is 0.785. The average Bonchev–Trinajstić information content (AvgIpc) is 2.61. The Bertz CT molecular complexity index is 372. The van der Waals surface area contributed by atoms with Crippen LogP contribution in [-0.2, 0) is 22.9 Å². The number of nitrogens with zero attached hydrogens (tertiary/aromatic N) is 1. The van der Waals surface area contributed by atoms with Gasteiger partial charge in [-0.15, -0.1) is 6.54 Å². The molecule has 0 bridgehead atoms. The Morgan fingerprint density at radius 3 is 2.60 bits per heavy atom. The van der Waals surface area contributed by atoms with Crippen LogP contribution in [0.15, 0.2) is 24.3 Å². The molecule has 0 radical (unpaired) electrons. The minimum absolute atomic E-state index is 0.389. The molecule has 0 aliphatic heterocycles. The summed E-state index contributed by atoms with van der Waals surface area (Å²) in [5, 5.41) is 0. The predicted octanol–water partition coefficient (Wildman–Crippen LogP) is 3.53. The fourth-order valence-electron chi connectivity index (χ4n) is 1.24. The van der Waals surface area contributed by atoms with Gasteiger partial charge in [0.15, 0.2) is 0 Å². The largest absolute Gasteiger partial charge is 0.677 e. The number of halogens is 2. The van der Waals surface area contributed by atoms with Crippen molar-refractivity contribution in [2.75, 3.05) is 6.54 Å². The van der Waals surface area contributed by atoms with Gasteiger partial charge in [0.25, 0.3) is 0 Å². The monoisotopic (exact) mass is 425 g/mol. The molecule has 0 amide bonds. The summed E-state index contributed by atoms with van der Waals surface area (Å²) in [5.74, 6) is 0.909. The molecule has 1 aromatic heterocycles. The number of hydrogen-bond acceptors (Lipinski definition) is 1. The van der Waals surface area contributed by atoms with E-state index in [0.29, 0.717) is 13.0 Å². The van der Waals surface area contributed by atoms with Gasteiger partial charge in [0.1, 0.15) is 5.82 Å². The number of hydrogen-bond donors (Lipinski definition) is 1. The molecule has 86 valence electrons. The second kappa shape index (κ2) is 7.23. The normalized spacial score (nSPS) is 10.1. The van der Waals surface area contributed by atoms with Gasteiger partial charge in [0.2, 0.25) is 0 Å². The van der Waals surface area contributed by atoms with E-state index in [-0.39, 0.29) is 0 Å². The SMILES string of the molecule is [Cl][Pt][Cl].[NH-]CCc1nc2ccccc2[nH]1. The molecule has 3 nitrogen and oxygen atoms in total. The van der Waals surface area contributed by atoms with Gasteiger partial charge in [-0.05, 0) is 18.6 Å². The van der Waals surface area contributed by atoms with Crippen LogP contribution in [0.2, 0.25) is 0 Å². The van der Waals surface area contributed by atoms with E-state index in [4.69, 9.17) is 24.6 Å². The van der Waals surface area contributed by atoms with Crippen LogP contribution >= 0.6 is 18.8 Å². The summed E-state index contributed by atoms with van der Waals surface area (Å²) >= 11 is -0.472. The number of fused-ring (bicyclic) bond motifs is 1. The van der Waals surface area contributed by atoms with Crippen LogP contribution in [0.5, 0.6) is 0 Å². The Morgan fingerprint density at radius 1 is 1.33 bits per heavy atom. The zero-order valence-electron chi connectivity index (χ0n) is 7.74. The van der Waals surface area contributed by atoms with Gasteiger partial charge in [0.05, 0.1) is 11.0 Å². The van der Waals surface area contributed by atoms with E-state index in [1.54, 1.807) is 0 Å². The van der Waals surface area contributed by atoms with E-state index in [1.165, 1.54) is 0 Å². The molecule has 0 atom stereocenters. The van der Waals surface area contributed by atoms with Crippen LogP contribution in [0.1, 0.15) is 5.82 Å². The molecular formula is C9H10Cl2N3Pt-. The van der Waals surface area contributed by atoms with Gasteiger partial charge in [-0.2, -0.15) is 0 Å². The predicted molar refractivity (Wildman–Crippen MR) is 60.7 cm³/mol. The van der Waals surface area contributed by atoms with Crippen LogP contribution in [0.25, 0.3) is 16.8 Å². The molecule has 0 saturated carbocycles. The van der Waals surface area contributed by atoms with Crippen molar-refractivity contribution in [2.24, 2.45) is 0 Å². The first-order valence-electron chi connectivity index (χ1n) is 4.22. The van der Waals surface area contributed by atoms with Gasteiger partial charge in [0, 0.05) is 0 Å². The molecular weight excluding hydrogens is 416 g/mol. The number of H-pyrrole nitrogens is 1. The molecule has 15 heavy (non-hydrogen) atoms. The van der Waals surface area contributed by atoms with E-state index >= 15 is 0 Å². The maximum Gasteiger partial charge on any atom is 0.105 e. The molecule has 0 aliphatic rings. The van der Waals surface area contributed by atoms with Crippen LogP contribution in [0, 0.1) is 0 Å². The van der Waals surface area contributed by atoms with E-state index in [2.05, 4.69) is 9.97 Å². The van der Waals surface area contributed by atoms with Crippen LogP contribution in [-0.4, -0.2) is 16.5 Å². The number of benzene rings is 1. The summed E-state index contributed by atoms with van der Waals surface area (Å²) in [7, 11) is 9.75. The smallest absolute Gasteiger partial charge is 0.105 e. The van der Waals surface area contributed by atoms with Gasteiger partial charge < -0.3 is 10.7 Å². The second-order valence-electron chi connectivity index (χ2n) is 2.75. The topological polar surface area (TPSA) is 52.5 Å². The molecule has 6 heteroatoms. The second-order valence-corrected chi connectivity index (χ2v) is 6.03. The Morgan fingerprint density at radius 2 is 2.00 bits per heavy atom. The zero-order chi connectivity index (χ0) is 11.1. The van der Waals surface area contributed by atoms with Crippen molar-refractivity contribution in [3.05, 3.63) is 35.8 Å². The van der Waals surface area contributed by atoms with E-state index in [9.17, 15) is 0 Å². The fraction of sp³-hybridized carbons (Fsp3) is 0.222. The third-order valence-corrected chi connectivity index (χ3v) is 1.80. The van der Waals surface area contributed by atoms with Crippen molar-refractivity contribution >= 4 is 29.9 Å². The molecule has 0 spiro atoms. The maximum absolute atomic E-state index is 7.05. The standard InChI is InChI=1S/C9H10N3.2ClH.Pt/c10-6-5-9-11-7-3-1-2-4-8(7)12-9;;;/h1-4,10H,5-6H2,(H,11,12);2*1H;/q-1;;;+2/p-2. The number of aromatic amines is 1. The molecule has 0 saturated heterocycles. The number of para-hydroxylation sites is 2. The van der Waals surface area contributed by atoms with Gasteiger partial charge in [-0.3, -0.25) is 0 Å². The summed E-state index contributed by atoms with van der Waals surface area (Å²) in [4.78, 5) is 7.49. The first-order chi connectivity index (χ1) is 7.31. The summed E-state index contributed by atoms with van der Waals surface area (Å²) in [6.07, 6.45) is 0.703. The van der Waals surface area contributed by atoms with Crippen molar-refractivity contribution in [3.8, 4) is 0 Å².